The molecule has 0 fully saturated rings. The Balaban J connectivity index is 0.00000400. The Labute approximate surface area is 139 Å². The molecule has 9 heteroatoms. The molecule has 120 valence electrons. The van der Waals surface area contributed by atoms with Crippen LogP contribution in [0.25, 0.3) is 0 Å². The van der Waals surface area contributed by atoms with Crippen LogP contribution >= 0.6 is 28.3 Å². The van der Waals surface area contributed by atoms with Crippen LogP contribution in [0.1, 0.15) is 23.7 Å². The second-order valence-corrected chi connectivity index (χ2v) is 6.62. The van der Waals surface area contributed by atoms with Crippen molar-refractivity contribution in [3.8, 4) is 0 Å². The van der Waals surface area contributed by atoms with E-state index in [1.807, 2.05) is 0 Å². The van der Waals surface area contributed by atoms with Gasteiger partial charge in [0.05, 0.1) is 17.1 Å². The zero-order chi connectivity index (χ0) is 15.2. The van der Waals surface area contributed by atoms with E-state index < -0.39 is 16.0 Å². The fraction of sp³-hybridized carbons (Fsp3) is 0.417. The average molecular weight is 402 g/mol. The molecule has 0 unspecified atom stereocenters. The summed E-state index contributed by atoms with van der Waals surface area (Å²) in [5.41, 5.74) is 5.50. The Morgan fingerprint density at radius 2 is 2.05 bits per heavy atom. The molecule has 6 nitrogen and oxygen atoms in total. The van der Waals surface area contributed by atoms with Crippen LogP contribution in [0.5, 0.6) is 0 Å². The highest BCUT2D eigenvalue weighted by Crippen LogP contribution is 2.20. The van der Waals surface area contributed by atoms with Gasteiger partial charge in [0.2, 0.25) is 10.0 Å². The molecule has 0 atom stereocenters. The van der Waals surface area contributed by atoms with Crippen LogP contribution in [0.15, 0.2) is 27.6 Å². The molecule has 0 amide bonds. The average Bonchev–Trinajstić information content (AvgIpc) is 2.38. The summed E-state index contributed by atoms with van der Waals surface area (Å²) in [4.78, 5) is 11.7. The molecular formula is C12H18BrClN2O4S. The number of hydrogen-bond acceptors (Lipinski definition) is 5. The molecule has 0 bridgehead atoms. The smallest absolute Gasteiger partial charge is 0.338 e. The van der Waals surface area contributed by atoms with Crippen LogP contribution < -0.4 is 10.5 Å². The molecule has 0 aliphatic carbocycles. The maximum absolute atomic E-state index is 12.1. The van der Waals surface area contributed by atoms with E-state index in [-0.39, 0.29) is 36.0 Å². The molecule has 3 N–H and O–H groups in total. The van der Waals surface area contributed by atoms with Crippen molar-refractivity contribution in [1.82, 2.24) is 4.72 Å². The van der Waals surface area contributed by atoms with E-state index in [2.05, 4.69) is 20.7 Å². The highest BCUT2D eigenvalue weighted by molar-refractivity contribution is 9.10. The second kappa shape index (κ2) is 9.37. The van der Waals surface area contributed by atoms with Gasteiger partial charge in [-0.1, -0.05) is 15.9 Å². The van der Waals surface area contributed by atoms with Crippen LogP contribution in [0.4, 0.5) is 0 Å². The quantitative estimate of drug-likeness (QED) is 0.535. The van der Waals surface area contributed by atoms with Gasteiger partial charge in [0, 0.05) is 11.0 Å². The summed E-state index contributed by atoms with van der Waals surface area (Å²) in [7, 11) is -3.67. The number of sulfonamides is 1. The standard InChI is InChI=1S/C12H17BrN2O4S.ClH/c1-2-19-12(16)9-6-10(13)8-11(7-9)20(17,18)15-5-3-4-14;/h6-8,15H,2-5,14H2,1H3;1H. The Morgan fingerprint density at radius 3 is 2.62 bits per heavy atom. The van der Waals surface area contributed by atoms with Gasteiger partial charge in [0.1, 0.15) is 0 Å². The molecule has 0 aliphatic heterocycles. The van der Waals surface area contributed by atoms with E-state index in [0.717, 1.165) is 0 Å². The van der Waals surface area contributed by atoms with Crippen molar-refractivity contribution >= 4 is 44.3 Å². The lowest BCUT2D eigenvalue weighted by molar-refractivity contribution is 0.0526. The molecule has 1 aromatic rings. The maximum Gasteiger partial charge on any atom is 0.338 e. The summed E-state index contributed by atoms with van der Waals surface area (Å²) in [6.07, 6.45) is 0.540. The number of nitrogens with one attached hydrogen (secondary N) is 1. The lowest BCUT2D eigenvalue weighted by atomic mass is 10.2. The third kappa shape index (κ3) is 6.31. The molecule has 0 saturated carbocycles. The first-order chi connectivity index (χ1) is 9.40. The van der Waals surface area contributed by atoms with Gasteiger partial charge in [-0.25, -0.2) is 17.9 Å². The molecule has 1 rings (SSSR count). The molecule has 0 spiro atoms. The first kappa shape index (κ1) is 20.3. The number of carbonyl (C=O) groups excluding carboxylic acids is 1. The van der Waals surface area contributed by atoms with Crippen molar-refractivity contribution in [2.75, 3.05) is 19.7 Å². The highest BCUT2D eigenvalue weighted by atomic mass is 79.9. The van der Waals surface area contributed by atoms with Gasteiger partial charge in [0.15, 0.2) is 0 Å². The Hall–Kier alpha value is -0.670. The van der Waals surface area contributed by atoms with Gasteiger partial charge < -0.3 is 10.5 Å². The highest BCUT2D eigenvalue weighted by Gasteiger charge is 2.17. The minimum atomic E-state index is -3.67. The van der Waals surface area contributed by atoms with Gasteiger partial charge in [0.25, 0.3) is 0 Å². The van der Waals surface area contributed by atoms with Crippen LogP contribution in [0, 0.1) is 0 Å². The fourth-order valence-electron chi connectivity index (χ4n) is 1.44. The number of rotatable bonds is 7. The van der Waals surface area contributed by atoms with Crippen molar-refractivity contribution in [3.05, 3.63) is 28.2 Å². The summed E-state index contributed by atoms with van der Waals surface area (Å²) in [6.45, 7) is 2.55. The maximum atomic E-state index is 12.1. The fourth-order valence-corrected chi connectivity index (χ4v) is 3.23. The van der Waals surface area contributed by atoms with E-state index in [0.29, 0.717) is 17.4 Å². The summed E-state index contributed by atoms with van der Waals surface area (Å²) >= 11 is 3.19. The van der Waals surface area contributed by atoms with Gasteiger partial charge in [-0.3, -0.25) is 0 Å². The SMILES string of the molecule is CCOC(=O)c1cc(Br)cc(S(=O)(=O)NCCCN)c1.Cl. The van der Waals surface area contributed by atoms with E-state index in [1.54, 1.807) is 6.92 Å². The number of nitrogens with two attached hydrogens (primary N) is 1. The normalized spacial score (nSPS) is 10.8. The minimum absolute atomic E-state index is 0. The van der Waals surface area contributed by atoms with Crippen molar-refractivity contribution in [2.45, 2.75) is 18.2 Å². The van der Waals surface area contributed by atoms with Crippen LogP contribution in [0.3, 0.4) is 0 Å². The third-order valence-electron chi connectivity index (χ3n) is 2.37. The monoisotopic (exact) mass is 400 g/mol. The zero-order valence-corrected chi connectivity index (χ0v) is 14.7. The molecule has 0 radical (unpaired) electrons. The summed E-state index contributed by atoms with van der Waals surface area (Å²) in [6, 6.07) is 4.22. The van der Waals surface area contributed by atoms with Crippen molar-refractivity contribution in [2.24, 2.45) is 5.73 Å². The molecule has 21 heavy (non-hydrogen) atoms. The molecule has 0 saturated heterocycles. The summed E-state index contributed by atoms with van der Waals surface area (Å²) in [5.74, 6) is -0.563. The number of esters is 1. The van der Waals surface area contributed by atoms with E-state index >= 15 is 0 Å². The first-order valence-electron chi connectivity index (χ1n) is 6.08. The van der Waals surface area contributed by atoms with Crippen LogP contribution in [0.2, 0.25) is 0 Å². The summed E-state index contributed by atoms with van der Waals surface area (Å²) < 4.78 is 31.9. The number of hydrogen-bond donors (Lipinski definition) is 2. The Morgan fingerprint density at radius 1 is 1.38 bits per heavy atom. The van der Waals surface area contributed by atoms with E-state index in [4.69, 9.17) is 10.5 Å². The number of benzene rings is 1. The molecular weight excluding hydrogens is 384 g/mol. The topological polar surface area (TPSA) is 98.5 Å². The zero-order valence-electron chi connectivity index (χ0n) is 11.5. The summed E-state index contributed by atoms with van der Waals surface area (Å²) in [5, 5.41) is 0. The van der Waals surface area contributed by atoms with Gasteiger partial charge >= 0.3 is 5.97 Å². The molecule has 1 aromatic carbocycles. The van der Waals surface area contributed by atoms with Gasteiger partial charge in [-0.15, -0.1) is 12.4 Å². The van der Waals surface area contributed by atoms with E-state index in [1.165, 1.54) is 18.2 Å². The van der Waals surface area contributed by atoms with Crippen molar-refractivity contribution in [1.29, 1.82) is 0 Å². The van der Waals surface area contributed by atoms with Crippen LogP contribution in [-0.4, -0.2) is 34.1 Å². The predicted molar refractivity (Wildman–Crippen MR) is 86.2 cm³/mol. The van der Waals surface area contributed by atoms with Gasteiger partial charge in [-0.05, 0) is 38.1 Å². The molecule has 0 heterocycles. The Kier molecular flexibility index (Phi) is 9.07. The molecule has 0 aliphatic rings. The van der Waals surface area contributed by atoms with Crippen molar-refractivity contribution < 1.29 is 17.9 Å². The molecule has 0 aromatic heterocycles. The number of ether oxygens (including phenoxy) is 1. The lowest BCUT2D eigenvalue weighted by Crippen LogP contribution is -2.26. The second-order valence-electron chi connectivity index (χ2n) is 3.94. The number of carbonyl (C=O) groups is 1. The first-order valence-corrected chi connectivity index (χ1v) is 8.35. The van der Waals surface area contributed by atoms with Gasteiger partial charge in [-0.2, -0.15) is 0 Å². The van der Waals surface area contributed by atoms with Crippen LogP contribution in [-0.2, 0) is 14.8 Å². The third-order valence-corrected chi connectivity index (χ3v) is 4.26. The van der Waals surface area contributed by atoms with Crippen molar-refractivity contribution in [3.63, 3.8) is 0 Å². The largest absolute Gasteiger partial charge is 0.462 e. The van der Waals surface area contributed by atoms with E-state index in [9.17, 15) is 13.2 Å². The predicted octanol–water partition coefficient (Wildman–Crippen LogP) is 1.67. The minimum Gasteiger partial charge on any atom is -0.462 e. The lowest BCUT2D eigenvalue weighted by Gasteiger charge is -2.09. The Bertz CT molecular complexity index is 581. The number of halogens is 2.